The highest BCUT2D eigenvalue weighted by molar-refractivity contribution is 5.27. The Morgan fingerprint density at radius 1 is 1.00 bits per heavy atom. The minimum absolute atomic E-state index is 0.0431. The van der Waals surface area contributed by atoms with Gasteiger partial charge in [-0.15, -0.1) is 0 Å². The van der Waals surface area contributed by atoms with Gasteiger partial charge in [0.15, 0.2) is 17.4 Å². The minimum atomic E-state index is -1.86. The highest BCUT2D eigenvalue weighted by Crippen LogP contribution is 2.24. The van der Waals surface area contributed by atoms with Crippen LogP contribution in [0.15, 0.2) is 6.07 Å². The van der Waals surface area contributed by atoms with Crippen molar-refractivity contribution >= 4 is 0 Å². The fourth-order valence-corrected chi connectivity index (χ4v) is 2.12. The number of hydrogen-bond donors (Lipinski definition) is 0. The monoisotopic (exact) mass is 292 g/mol. The van der Waals surface area contributed by atoms with Gasteiger partial charge in [-0.1, -0.05) is 39.0 Å². The lowest BCUT2D eigenvalue weighted by atomic mass is 9.91. The summed E-state index contributed by atoms with van der Waals surface area (Å²) >= 11 is 0. The standard InChI is InChI=1S/C8H6F4O.C7H14/c1-2-13-5-3-4(9)6(10)8(12)7(5)11;1-7-5-3-2-4-6-7/h3H,2H2,1H3;7H,2-6H2,1H3. The number of benzene rings is 1. The van der Waals surface area contributed by atoms with Crippen molar-refractivity contribution < 1.29 is 22.3 Å². The average molecular weight is 292 g/mol. The van der Waals surface area contributed by atoms with E-state index in [2.05, 4.69) is 11.7 Å². The van der Waals surface area contributed by atoms with E-state index in [0.717, 1.165) is 5.92 Å². The first kappa shape index (κ1) is 16.8. The van der Waals surface area contributed by atoms with Crippen molar-refractivity contribution in [1.29, 1.82) is 0 Å². The van der Waals surface area contributed by atoms with Crippen LogP contribution in [0.1, 0.15) is 46.0 Å². The number of halogens is 4. The summed E-state index contributed by atoms with van der Waals surface area (Å²) in [6.07, 6.45) is 7.44. The molecule has 1 fully saturated rings. The average Bonchev–Trinajstić information content (AvgIpc) is 2.44. The SMILES string of the molecule is CC1CCCCC1.CCOc1cc(F)c(F)c(F)c1F. The molecule has 20 heavy (non-hydrogen) atoms. The Labute approximate surface area is 116 Å². The maximum absolute atomic E-state index is 12.7. The van der Waals surface area contributed by atoms with Gasteiger partial charge < -0.3 is 4.74 Å². The summed E-state index contributed by atoms with van der Waals surface area (Å²) in [5, 5.41) is 0. The highest BCUT2D eigenvalue weighted by Gasteiger charge is 2.19. The van der Waals surface area contributed by atoms with Gasteiger partial charge in [-0.25, -0.2) is 13.2 Å². The van der Waals surface area contributed by atoms with Crippen molar-refractivity contribution in [3.63, 3.8) is 0 Å². The van der Waals surface area contributed by atoms with Gasteiger partial charge >= 0.3 is 0 Å². The van der Waals surface area contributed by atoms with Crippen molar-refractivity contribution in [1.82, 2.24) is 0 Å². The van der Waals surface area contributed by atoms with E-state index >= 15 is 0 Å². The van der Waals surface area contributed by atoms with Crippen molar-refractivity contribution in [2.24, 2.45) is 5.92 Å². The molecule has 114 valence electrons. The topological polar surface area (TPSA) is 9.23 Å². The molecule has 0 aromatic heterocycles. The Balaban J connectivity index is 0.000000240. The smallest absolute Gasteiger partial charge is 0.203 e. The van der Waals surface area contributed by atoms with Gasteiger partial charge in [-0.3, -0.25) is 0 Å². The second-order valence-electron chi connectivity index (χ2n) is 4.97. The third-order valence-electron chi connectivity index (χ3n) is 3.26. The van der Waals surface area contributed by atoms with E-state index in [-0.39, 0.29) is 6.61 Å². The Bertz CT molecular complexity index is 428. The van der Waals surface area contributed by atoms with Crippen LogP contribution in [0.25, 0.3) is 0 Å². The predicted octanol–water partition coefficient (Wildman–Crippen LogP) is 5.23. The van der Waals surface area contributed by atoms with Crippen LogP contribution in [0.3, 0.4) is 0 Å². The largest absolute Gasteiger partial charge is 0.491 e. The molecule has 0 bridgehead atoms. The summed E-state index contributed by atoms with van der Waals surface area (Å²) in [4.78, 5) is 0. The van der Waals surface area contributed by atoms with E-state index in [1.807, 2.05) is 0 Å². The molecule has 0 spiro atoms. The molecule has 1 nitrogen and oxygen atoms in total. The molecular weight excluding hydrogens is 272 g/mol. The number of hydrogen-bond acceptors (Lipinski definition) is 1. The van der Waals surface area contributed by atoms with Crippen molar-refractivity contribution in [2.75, 3.05) is 6.61 Å². The fourth-order valence-electron chi connectivity index (χ4n) is 2.12. The van der Waals surface area contributed by atoms with E-state index in [0.29, 0.717) is 6.07 Å². The molecule has 1 aliphatic rings. The van der Waals surface area contributed by atoms with Crippen molar-refractivity contribution in [2.45, 2.75) is 46.0 Å². The molecular formula is C15H20F4O. The van der Waals surface area contributed by atoms with Crippen molar-refractivity contribution in [3.8, 4) is 5.75 Å². The van der Waals surface area contributed by atoms with Gasteiger partial charge in [-0.2, -0.15) is 4.39 Å². The third kappa shape index (κ3) is 4.69. The molecule has 0 unspecified atom stereocenters. The highest BCUT2D eigenvalue weighted by atomic mass is 19.2. The molecule has 0 heterocycles. The van der Waals surface area contributed by atoms with Crippen LogP contribution in [0.5, 0.6) is 5.75 Å². The molecule has 1 saturated carbocycles. The quantitative estimate of drug-likeness (QED) is 0.412. The Hall–Kier alpha value is -1.26. The molecule has 0 amide bonds. The summed E-state index contributed by atoms with van der Waals surface area (Å²) in [5.41, 5.74) is 0. The lowest BCUT2D eigenvalue weighted by Gasteiger charge is -2.15. The third-order valence-corrected chi connectivity index (χ3v) is 3.26. The molecule has 5 heteroatoms. The lowest BCUT2D eigenvalue weighted by molar-refractivity contribution is 0.302. The second-order valence-corrected chi connectivity index (χ2v) is 4.97. The summed E-state index contributed by atoms with van der Waals surface area (Å²) in [6.45, 7) is 3.92. The van der Waals surface area contributed by atoms with Crippen LogP contribution in [0.4, 0.5) is 17.6 Å². The first-order valence-corrected chi connectivity index (χ1v) is 6.93. The van der Waals surface area contributed by atoms with E-state index < -0.39 is 29.0 Å². The van der Waals surface area contributed by atoms with Gasteiger partial charge in [0.25, 0.3) is 0 Å². The second kappa shape index (κ2) is 8.12. The fraction of sp³-hybridized carbons (Fsp3) is 0.600. The molecule has 2 rings (SSSR count). The molecule has 0 aliphatic heterocycles. The summed E-state index contributed by atoms with van der Waals surface area (Å²) < 4.78 is 54.6. The first-order valence-electron chi connectivity index (χ1n) is 6.93. The van der Waals surface area contributed by atoms with Crippen LogP contribution < -0.4 is 4.74 Å². The van der Waals surface area contributed by atoms with Gasteiger partial charge in [0, 0.05) is 6.07 Å². The lowest BCUT2D eigenvalue weighted by Crippen LogP contribution is -2.01. The molecule has 1 aromatic carbocycles. The van der Waals surface area contributed by atoms with Gasteiger partial charge in [0.1, 0.15) is 0 Å². The Morgan fingerprint density at radius 3 is 2.05 bits per heavy atom. The summed E-state index contributed by atoms with van der Waals surface area (Å²) in [5.74, 6) is -6.26. The van der Waals surface area contributed by atoms with E-state index in [1.54, 1.807) is 0 Å². The van der Waals surface area contributed by atoms with Crippen LogP contribution in [-0.2, 0) is 0 Å². The number of rotatable bonds is 2. The van der Waals surface area contributed by atoms with E-state index in [4.69, 9.17) is 0 Å². The Kier molecular flexibility index (Phi) is 6.82. The van der Waals surface area contributed by atoms with Crippen LogP contribution in [0, 0.1) is 29.2 Å². The van der Waals surface area contributed by atoms with E-state index in [1.165, 1.54) is 39.0 Å². The zero-order valence-electron chi connectivity index (χ0n) is 11.8. The first-order chi connectivity index (χ1) is 9.47. The van der Waals surface area contributed by atoms with E-state index in [9.17, 15) is 17.6 Å². The molecule has 0 saturated heterocycles. The van der Waals surface area contributed by atoms with Gasteiger partial charge in [-0.05, 0) is 12.8 Å². The minimum Gasteiger partial charge on any atom is -0.491 e. The maximum atomic E-state index is 12.7. The molecule has 1 aromatic rings. The summed E-state index contributed by atoms with van der Waals surface area (Å²) in [7, 11) is 0. The zero-order valence-corrected chi connectivity index (χ0v) is 11.8. The van der Waals surface area contributed by atoms with Gasteiger partial charge in [0.2, 0.25) is 11.6 Å². The number of ether oxygens (including phenoxy) is 1. The summed E-state index contributed by atoms with van der Waals surface area (Å²) in [6, 6.07) is 0.469. The van der Waals surface area contributed by atoms with Crippen molar-refractivity contribution in [3.05, 3.63) is 29.3 Å². The van der Waals surface area contributed by atoms with Crippen LogP contribution in [-0.4, -0.2) is 6.61 Å². The van der Waals surface area contributed by atoms with Gasteiger partial charge in [0.05, 0.1) is 6.61 Å². The molecule has 0 radical (unpaired) electrons. The molecule has 0 N–H and O–H groups in total. The zero-order chi connectivity index (χ0) is 15.1. The molecule has 0 atom stereocenters. The predicted molar refractivity (Wildman–Crippen MR) is 69.7 cm³/mol. The normalized spacial score (nSPS) is 15.5. The van der Waals surface area contributed by atoms with Crippen LogP contribution in [0.2, 0.25) is 0 Å². The Morgan fingerprint density at radius 2 is 1.60 bits per heavy atom. The van der Waals surface area contributed by atoms with Crippen LogP contribution >= 0.6 is 0 Å². The molecule has 1 aliphatic carbocycles. The maximum Gasteiger partial charge on any atom is 0.203 e.